The average Bonchev–Trinajstić information content (AvgIpc) is 3.34. The third kappa shape index (κ3) is 6.51. The summed E-state index contributed by atoms with van der Waals surface area (Å²) in [6.07, 6.45) is 4.05. The maximum absolute atomic E-state index is 13.7. The Morgan fingerprint density at radius 2 is 1.55 bits per heavy atom. The lowest BCUT2D eigenvalue weighted by Crippen LogP contribution is -2.57. The molecular weight excluding hydrogens is 571 g/mol. The molecule has 2 amide bonds. The molecule has 1 aliphatic carbocycles. The molecule has 1 aromatic heterocycles. The number of carbonyl (C=O) groups is 2. The van der Waals surface area contributed by atoms with E-state index in [0.29, 0.717) is 35.4 Å². The van der Waals surface area contributed by atoms with Crippen molar-refractivity contribution in [3.63, 3.8) is 0 Å². The van der Waals surface area contributed by atoms with Crippen LogP contribution in [0, 0.1) is 0 Å². The smallest absolute Gasteiger partial charge is 0.253 e. The minimum atomic E-state index is -0.257. The van der Waals surface area contributed by atoms with E-state index >= 15 is 0 Å². The lowest BCUT2D eigenvalue weighted by molar-refractivity contribution is -0.116. The third-order valence-electron chi connectivity index (χ3n) is 8.87. The fourth-order valence-corrected chi connectivity index (χ4v) is 6.91. The van der Waals surface area contributed by atoms with Gasteiger partial charge in [-0.3, -0.25) is 14.5 Å². The van der Waals surface area contributed by atoms with Crippen LogP contribution in [0.2, 0.25) is 10.0 Å². The Bertz CT molecular complexity index is 1470. The van der Waals surface area contributed by atoms with Crippen molar-refractivity contribution in [2.45, 2.75) is 90.4 Å². The molecule has 3 aromatic rings. The molecule has 0 unspecified atom stereocenters. The molecule has 0 radical (unpaired) electrons. The van der Waals surface area contributed by atoms with Crippen LogP contribution in [-0.2, 0) is 28.7 Å². The van der Waals surface area contributed by atoms with Crippen molar-refractivity contribution < 1.29 is 9.59 Å². The van der Waals surface area contributed by atoms with E-state index in [0.717, 1.165) is 24.1 Å². The number of carbonyl (C=O) groups excluding carboxylic acids is 2. The number of nitrogens with zero attached hydrogens (tertiary/aromatic N) is 5. The van der Waals surface area contributed by atoms with Crippen LogP contribution in [-0.4, -0.2) is 61.8 Å². The molecule has 1 aliphatic heterocycles. The van der Waals surface area contributed by atoms with E-state index in [4.69, 9.17) is 23.2 Å². The lowest BCUT2D eigenvalue weighted by Gasteiger charge is -2.44. The van der Waals surface area contributed by atoms with Crippen molar-refractivity contribution >= 4 is 40.7 Å². The number of fused-ring (bicyclic) bond motifs is 1. The Balaban J connectivity index is 1.21. The predicted octanol–water partition coefficient (Wildman–Crippen LogP) is 6.31. The van der Waals surface area contributed by atoms with Crippen molar-refractivity contribution in [2.24, 2.45) is 0 Å². The number of benzene rings is 2. The molecule has 2 atom stereocenters. The number of hydrogen-bond donors (Lipinski definition) is 1. The zero-order valence-electron chi connectivity index (χ0n) is 25.2. The van der Waals surface area contributed by atoms with Gasteiger partial charge in [-0.05, 0) is 79.0 Å². The number of halogens is 2. The molecule has 8 nitrogen and oxygen atoms in total. The third-order valence-corrected chi connectivity index (χ3v) is 9.31. The van der Waals surface area contributed by atoms with E-state index in [-0.39, 0.29) is 41.3 Å². The van der Waals surface area contributed by atoms with Crippen LogP contribution >= 0.6 is 23.2 Å². The van der Waals surface area contributed by atoms with Gasteiger partial charge in [0.15, 0.2) is 0 Å². The van der Waals surface area contributed by atoms with Crippen molar-refractivity contribution in [3.8, 4) is 0 Å². The molecule has 1 saturated heterocycles. The highest BCUT2D eigenvalue weighted by Crippen LogP contribution is 2.46. The first-order valence-electron chi connectivity index (χ1n) is 14.6. The van der Waals surface area contributed by atoms with Gasteiger partial charge in [-0.15, -0.1) is 5.10 Å². The summed E-state index contributed by atoms with van der Waals surface area (Å²) in [5.74, 6) is -0.166. The van der Waals surface area contributed by atoms with E-state index in [2.05, 4.69) is 74.2 Å². The zero-order chi connectivity index (χ0) is 30.4. The lowest BCUT2D eigenvalue weighted by atomic mass is 9.63. The second kappa shape index (κ2) is 11.6. The molecule has 1 N–H and O–H groups in total. The molecule has 2 aromatic carbocycles. The molecule has 5 rings (SSSR count). The molecule has 224 valence electrons. The zero-order valence-corrected chi connectivity index (χ0v) is 26.8. The fraction of sp³-hybridized carbons (Fsp3) is 0.500. The van der Waals surface area contributed by atoms with Gasteiger partial charge in [-0.2, -0.15) is 0 Å². The Kier molecular flexibility index (Phi) is 8.45. The van der Waals surface area contributed by atoms with E-state index in [1.165, 1.54) is 15.8 Å². The monoisotopic (exact) mass is 610 g/mol. The van der Waals surface area contributed by atoms with E-state index < -0.39 is 0 Å². The van der Waals surface area contributed by atoms with Crippen LogP contribution in [0.4, 0.5) is 5.69 Å². The quantitative estimate of drug-likeness (QED) is 0.354. The van der Waals surface area contributed by atoms with Gasteiger partial charge in [0.2, 0.25) is 5.91 Å². The molecule has 2 heterocycles. The fourth-order valence-electron chi connectivity index (χ4n) is 6.39. The summed E-state index contributed by atoms with van der Waals surface area (Å²) in [6.45, 7) is 15.3. The number of rotatable bonds is 6. The molecule has 0 bridgehead atoms. The topological polar surface area (TPSA) is 83.4 Å². The number of hydrogen-bond acceptors (Lipinski definition) is 5. The Hall–Kier alpha value is -2.94. The summed E-state index contributed by atoms with van der Waals surface area (Å²) in [5, 5.41) is 12.1. The molecule has 0 spiro atoms. The summed E-state index contributed by atoms with van der Waals surface area (Å²) in [7, 11) is 0. The highest BCUT2D eigenvalue weighted by Gasteiger charge is 2.38. The van der Waals surface area contributed by atoms with Crippen molar-refractivity contribution in [1.29, 1.82) is 0 Å². The first kappa shape index (κ1) is 30.5. The van der Waals surface area contributed by atoms with Gasteiger partial charge < -0.3 is 10.2 Å². The van der Waals surface area contributed by atoms with Crippen molar-refractivity contribution in [3.05, 3.63) is 75.0 Å². The summed E-state index contributed by atoms with van der Waals surface area (Å²) in [6, 6.07) is 11.5. The SMILES string of the molecule is C[C@@H]1CN(C(=O)c2ccc3c(c2)C(C)(C)CCC3(C)C)C[C@H](C)N1Cc1cn(CC(=O)Nc2cc(Cl)cc(Cl)c2)nn1. The van der Waals surface area contributed by atoms with Gasteiger partial charge in [-0.1, -0.05) is 62.2 Å². The Labute approximate surface area is 258 Å². The standard InChI is InChI=1S/C32H40Cl2N6O2/c1-20-15-38(30(42)22-7-8-27-28(11-22)32(5,6)10-9-31(27,3)4)16-21(2)40(20)18-26-17-39(37-36-26)19-29(41)35-25-13-23(33)12-24(34)14-25/h7-8,11-14,17,20-21H,9-10,15-16,18-19H2,1-6H3,(H,35,41)/t20-,21+. The molecule has 1 fully saturated rings. The van der Waals surface area contributed by atoms with Gasteiger partial charge in [-0.25, -0.2) is 4.68 Å². The summed E-state index contributed by atoms with van der Waals surface area (Å²) in [4.78, 5) is 30.6. The minimum absolute atomic E-state index is 0.0132. The van der Waals surface area contributed by atoms with Crippen molar-refractivity contribution in [2.75, 3.05) is 18.4 Å². The van der Waals surface area contributed by atoms with Crippen LogP contribution in [0.5, 0.6) is 0 Å². The molecule has 0 saturated carbocycles. The number of aromatic nitrogens is 3. The van der Waals surface area contributed by atoms with Crippen LogP contribution in [0.1, 0.15) is 81.6 Å². The van der Waals surface area contributed by atoms with Gasteiger partial charge in [0, 0.05) is 53.0 Å². The summed E-state index contributed by atoms with van der Waals surface area (Å²) >= 11 is 12.1. The first-order valence-corrected chi connectivity index (χ1v) is 15.3. The average molecular weight is 612 g/mol. The molecule has 10 heteroatoms. The van der Waals surface area contributed by atoms with Crippen LogP contribution in [0.15, 0.2) is 42.6 Å². The molecule has 42 heavy (non-hydrogen) atoms. The molecule has 2 aliphatic rings. The predicted molar refractivity (Wildman–Crippen MR) is 167 cm³/mol. The largest absolute Gasteiger partial charge is 0.336 e. The Morgan fingerprint density at radius 3 is 2.19 bits per heavy atom. The van der Waals surface area contributed by atoms with E-state index in [1.807, 2.05) is 11.0 Å². The normalized spacial score (nSPS) is 21.6. The highest BCUT2D eigenvalue weighted by molar-refractivity contribution is 6.35. The van der Waals surface area contributed by atoms with Crippen molar-refractivity contribution in [1.82, 2.24) is 24.8 Å². The minimum Gasteiger partial charge on any atom is -0.336 e. The Morgan fingerprint density at radius 1 is 0.929 bits per heavy atom. The maximum atomic E-state index is 13.7. The van der Waals surface area contributed by atoms with E-state index in [1.54, 1.807) is 24.4 Å². The second-order valence-corrected chi connectivity index (χ2v) is 14.1. The highest BCUT2D eigenvalue weighted by atomic mass is 35.5. The van der Waals surface area contributed by atoms with Crippen LogP contribution in [0.25, 0.3) is 0 Å². The number of anilines is 1. The van der Waals surface area contributed by atoms with Gasteiger partial charge in [0.1, 0.15) is 6.54 Å². The van der Waals surface area contributed by atoms with Crippen LogP contribution < -0.4 is 5.32 Å². The summed E-state index contributed by atoms with van der Waals surface area (Å²) < 4.78 is 1.52. The second-order valence-electron chi connectivity index (χ2n) is 13.2. The number of amides is 2. The van der Waals surface area contributed by atoms with Gasteiger partial charge in [0.25, 0.3) is 5.91 Å². The number of piperazine rings is 1. The van der Waals surface area contributed by atoms with Gasteiger partial charge >= 0.3 is 0 Å². The number of nitrogens with one attached hydrogen (secondary N) is 1. The summed E-state index contributed by atoms with van der Waals surface area (Å²) in [5.41, 5.74) is 4.91. The first-order chi connectivity index (χ1) is 19.7. The van der Waals surface area contributed by atoms with E-state index in [9.17, 15) is 9.59 Å². The van der Waals surface area contributed by atoms with Gasteiger partial charge in [0.05, 0.1) is 11.9 Å². The van der Waals surface area contributed by atoms with Crippen LogP contribution in [0.3, 0.4) is 0 Å². The maximum Gasteiger partial charge on any atom is 0.253 e. The molecular formula is C32H40Cl2N6O2.